The van der Waals surface area contributed by atoms with E-state index in [1.807, 2.05) is 84.9 Å². The van der Waals surface area contributed by atoms with E-state index in [1.54, 1.807) is 0 Å². The van der Waals surface area contributed by atoms with Crippen molar-refractivity contribution in [3.63, 3.8) is 0 Å². The largest absolute Gasteiger partial charge is 0.297 e. The Kier molecular flexibility index (Phi) is 9.20. The van der Waals surface area contributed by atoms with Gasteiger partial charge in [0.15, 0.2) is 5.78 Å². The minimum absolute atomic E-state index is 0.0277. The van der Waals surface area contributed by atoms with Crippen molar-refractivity contribution in [2.24, 2.45) is 0 Å². The number of ketones is 1. The van der Waals surface area contributed by atoms with Gasteiger partial charge in [0, 0.05) is 13.1 Å². The zero-order chi connectivity index (χ0) is 20.0. The highest BCUT2D eigenvalue weighted by molar-refractivity contribution is 5.82. The van der Waals surface area contributed by atoms with Gasteiger partial charge in [-0.2, -0.15) is 5.26 Å². The van der Waals surface area contributed by atoms with Crippen LogP contribution in [0.25, 0.3) is 0 Å². The Balaban J connectivity index is 0.000000336. The molecule has 0 fully saturated rings. The average molecular weight is 370 g/mol. The van der Waals surface area contributed by atoms with Gasteiger partial charge in [0.05, 0.1) is 19.0 Å². The molecule has 0 aliphatic carbocycles. The van der Waals surface area contributed by atoms with E-state index in [-0.39, 0.29) is 12.2 Å². The minimum atomic E-state index is -0.0376. The van der Waals surface area contributed by atoms with Crippen LogP contribution in [0.5, 0.6) is 0 Å². The predicted molar refractivity (Wildman–Crippen MR) is 113 cm³/mol. The van der Waals surface area contributed by atoms with E-state index in [0.717, 1.165) is 11.1 Å². The summed E-state index contributed by atoms with van der Waals surface area (Å²) in [5.41, 5.74) is 3.65. The SMILES string of the molecule is Cc1ccccc1.N#CCC(=O)CN(Cc1ccccc1)Cc1ccccc1. The van der Waals surface area contributed by atoms with Crippen LogP contribution in [0.4, 0.5) is 0 Å². The number of carbonyl (C=O) groups is 1. The smallest absolute Gasteiger partial charge is 0.160 e. The number of rotatable bonds is 7. The van der Waals surface area contributed by atoms with Gasteiger partial charge in [-0.05, 0) is 18.1 Å². The lowest BCUT2D eigenvalue weighted by molar-refractivity contribution is -0.119. The van der Waals surface area contributed by atoms with E-state index in [0.29, 0.717) is 19.6 Å². The molecule has 3 aromatic rings. The molecule has 3 heteroatoms. The van der Waals surface area contributed by atoms with Gasteiger partial charge in [-0.3, -0.25) is 9.69 Å². The predicted octanol–water partition coefficient (Wildman–Crippen LogP) is 5.17. The van der Waals surface area contributed by atoms with Crippen LogP contribution in [0.3, 0.4) is 0 Å². The number of benzene rings is 3. The van der Waals surface area contributed by atoms with E-state index in [1.165, 1.54) is 5.56 Å². The third-order valence-corrected chi connectivity index (χ3v) is 4.11. The number of carbonyl (C=O) groups excluding carboxylic acids is 1. The highest BCUT2D eigenvalue weighted by atomic mass is 16.1. The Bertz CT molecular complexity index is 814. The summed E-state index contributed by atoms with van der Waals surface area (Å²) in [7, 11) is 0. The quantitative estimate of drug-likeness (QED) is 0.576. The summed E-state index contributed by atoms with van der Waals surface area (Å²) in [4.78, 5) is 13.8. The third-order valence-electron chi connectivity index (χ3n) is 4.11. The summed E-state index contributed by atoms with van der Waals surface area (Å²) in [5.74, 6) is -0.0376. The Morgan fingerprint density at radius 1 is 0.786 bits per heavy atom. The molecule has 0 aromatic heterocycles. The van der Waals surface area contributed by atoms with Crippen molar-refractivity contribution in [3.05, 3.63) is 108 Å². The molecular weight excluding hydrogens is 344 g/mol. The molecule has 0 saturated carbocycles. The van der Waals surface area contributed by atoms with Crippen molar-refractivity contribution in [2.75, 3.05) is 6.54 Å². The summed E-state index contributed by atoms with van der Waals surface area (Å²) in [5, 5.41) is 8.64. The molecule has 0 aliphatic rings. The molecule has 0 N–H and O–H groups in total. The zero-order valence-corrected chi connectivity index (χ0v) is 16.3. The van der Waals surface area contributed by atoms with Crippen LogP contribution in [0.15, 0.2) is 91.0 Å². The van der Waals surface area contributed by atoms with E-state index < -0.39 is 0 Å². The fourth-order valence-electron chi connectivity index (χ4n) is 2.78. The van der Waals surface area contributed by atoms with Crippen molar-refractivity contribution in [3.8, 4) is 6.07 Å². The summed E-state index contributed by atoms with van der Waals surface area (Å²) in [6.45, 7) is 3.79. The molecule has 0 amide bonds. The molecule has 3 rings (SSSR count). The molecule has 28 heavy (non-hydrogen) atoms. The molecule has 3 aromatic carbocycles. The second-order valence-electron chi connectivity index (χ2n) is 6.64. The number of hydrogen-bond donors (Lipinski definition) is 0. The second kappa shape index (κ2) is 12.2. The van der Waals surface area contributed by atoms with Crippen molar-refractivity contribution in [1.82, 2.24) is 4.90 Å². The van der Waals surface area contributed by atoms with Gasteiger partial charge in [0.2, 0.25) is 0 Å². The van der Waals surface area contributed by atoms with E-state index >= 15 is 0 Å². The van der Waals surface area contributed by atoms with Gasteiger partial charge >= 0.3 is 0 Å². The monoisotopic (exact) mass is 370 g/mol. The first-order valence-electron chi connectivity index (χ1n) is 9.38. The molecular formula is C25H26N2O. The van der Waals surface area contributed by atoms with Gasteiger partial charge in [0.25, 0.3) is 0 Å². The number of nitriles is 1. The maximum atomic E-state index is 11.8. The van der Waals surface area contributed by atoms with E-state index in [4.69, 9.17) is 5.26 Å². The second-order valence-corrected chi connectivity index (χ2v) is 6.64. The Morgan fingerprint density at radius 3 is 1.57 bits per heavy atom. The van der Waals surface area contributed by atoms with Crippen LogP contribution in [0.1, 0.15) is 23.1 Å². The number of nitrogens with zero attached hydrogens (tertiary/aromatic N) is 2. The van der Waals surface area contributed by atoms with Crippen molar-refractivity contribution in [2.45, 2.75) is 26.4 Å². The van der Waals surface area contributed by atoms with E-state index in [2.05, 4.69) is 24.0 Å². The van der Waals surface area contributed by atoms with Crippen molar-refractivity contribution < 1.29 is 4.79 Å². The molecule has 0 unspecified atom stereocenters. The molecule has 0 saturated heterocycles. The lowest BCUT2D eigenvalue weighted by Crippen LogP contribution is -2.29. The third kappa shape index (κ3) is 8.44. The molecule has 3 nitrogen and oxygen atoms in total. The van der Waals surface area contributed by atoms with Crippen LogP contribution in [-0.4, -0.2) is 17.2 Å². The fourth-order valence-corrected chi connectivity index (χ4v) is 2.78. The maximum Gasteiger partial charge on any atom is 0.160 e. The van der Waals surface area contributed by atoms with Gasteiger partial charge in [0.1, 0.15) is 0 Å². The molecule has 142 valence electrons. The number of aryl methyl sites for hydroxylation is 1. The van der Waals surface area contributed by atoms with Crippen molar-refractivity contribution in [1.29, 1.82) is 5.26 Å². The van der Waals surface area contributed by atoms with Gasteiger partial charge in [-0.1, -0.05) is 96.6 Å². The highest BCUT2D eigenvalue weighted by Crippen LogP contribution is 2.10. The number of Topliss-reactive ketones (excluding diaryl/α,β-unsaturated/α-hetero) is 1. The molecule has 0 heterocycles. The molecule has 0 spiro atoms. The summed E-state index contributed by atoms with van der Waals surface area (Å²) in [6, 6.07) is 32.3. The van der Waals surface area contributed by atoms with Crippen LogP contribution < -0.4 is 0 Å². The Hall–Kier alpha value is -3.22. The van der Waals surface area contributed by atoms with Crippen molar-refractivity contribution >= 4 is 5.78 Å². The first-order chi connectivity index (χ1) is 13.7. The Labute approximate surface area is 167 Å². The summed E-state index contributed by atoms with van der Waals surface area (Å²) >= 11 is 0. The first kappa shape index (κ1) is 21.1. The standard InChI is InChI=1S/C18H18N2O.C7H8/c19-12-11-18(21)15-20(13-16-7-3-1-4-8-16)14-17-9-5-2-6-10-17;1-7-5-3-2-4-6-7/h1-10H,11,13-15H2;2-6H,1H3. The molecule has 0 radical (unpaired) electrons. The molecule has 0 bridgehead atoms. The zero-order valence-electron chi connectivity index (χ0n) is 16.3. The fraction of sp³-hybridized carbons (Fsp3) is 0.200. The van der Waals surface area contributed by atoms with Gasteiger partial charge < -0.3 is 0 Å². The first-order valence-corrected chi connectivity index (χ1v) is 9.38. The van der Waals surface area contributed by atoms with Gasteiger partial charge in [-0.15, -0.1) is 0 Å². The summed E-state index contributed by atoms with van der Waals surface area (Å²) in [6.07, 6.45) is -0.0277. The van der Waals surface area contributed by atoms with E-state index in [9.17, 15) is 4.79 Å². The lowest BCUT2D eigenvalue weighted by Gasteiger charge is -2.21. The molecule has 0 atom stereocenters. The highest BCUT2D eigenvalue weighted by Gasteiger charge is 2.11. The maximum absolute atomic E-state index is 11.8. The normalized spacial score (nSPS) is 9.89. The van der Waals surface area contributed by atoms with Crippen LogP contribution in [-0.2, 0) is 17.9 Å². The van der Waals surface area contributed by atoms with Gasteiger partial charge in [-0.25, -0.2) is 0 Å². The average Bonchev–Trinajstić information content (AvgIpc) is 2.71. The topological polar surface area (TPSA) is 44.1 Å². The molecule has 0 aliphatic heterocycles. The number of hydrogen-bond acceptors (Lipinski definition) is 3. The summed E-state index contributed by atoms with van der Waals surface area (Å²) < 4.78 is 0. The Morgan fingerprint density at radius 2 is 1.21 bits per heavy atom. The van der Waals surface area contributed by atoms with Crippen LogP contribution >= 0.6 is 0 Å². The minimum Gasteiger partial charge on any atom is -0.297 e. The van der Waals surface area contributed by atoms with Crippen LogP contribution in [0, 0.1) is 18.3 Å². The lowest BCUT2D eigenvalue weighted by atomic mass is 10.1. The van der Waals surface area contributed by atoms with Crippen LogP contribution in [0.2, 0.25) is 0 Å².